The molecule has 0 amide bonds. The monoisotopic (exact) mass is 281 g/mol. The third-order valence-corrected chi connectivity index (χ3v) is 2.89. The lowest BCUT2D eigenvalue weighted by Gasteiger charge is -2.10. The lowest BCUT2D eigenvalue weighted by atomic mass is 10.1. The quantitative estimate of drug-likeness (QED) is 0.549. The summed E-state index contributed by atoms with van der Waals surface area (Å²) in [5.41, 5.74) is 6.69. The summed E-state index contributed by atoms with van der Waals surface area (Å²) in [6.07, 6.45) is 2.41. The summed E-state index contributed by atoms with van der Waals surface area (Å²) in [4.78, 5) is 11.2. The summed E-state index contributed by atoms with van der Waals surface area (Å²) < 4.78 is 15.2. The number of rotatable bonds is 9. The second-order valence-corrected chi connectivity index (χ2v) is 4.53. The number of carbonyl (C=O) groups excluding carboxylic acids is 1. The number of hydrogen-bond donors (Lipinski definition) is 1. The van der Waals surface area contributed by atoms with Crippen molar-refractivity contribution >= 4 is 5.97 Å². The van der Waals surface area contributed by atoms with Crippen molar-refractivity contribution in [3.05, 3.63) is 29.8 Å². The van der Waals surface area contributed by atoms with E-state index < -0.39 is 12.0 Å². The summed E-state index contributed by atoms with van der Waals surface area (Å²) in [5, 5.41) is 0. The van der Waals surface area contributed by atoms with Crippen LogP contribution in [0.5, 0.6) is 5.75 Å². The molecule has 0 heterocycles. The first-order valence-corrected chi connectivity index (χ1v) is 6.71. The van der Waals surface area contributed by atoms with Crippen LogP contribution < -0.4 is 10.5 Å². The molecule has 0 aliphatic heterocycles. The van der Waals surface area contributed by atoms with Crippen molar-refractivity contribution in [2.45, 2.75) is 25.3 Å². The van der Waals surface area contributed by atoms with Gasteiger partial charge in [0, 0.05) is 13.7 Å². The molecule has 1 aromatic carbocycles. The molecule has 0 radical (unpaired) electrons. The number of carbonyl (C=O) groups is 1. The van der Waals surface area contributed by atoms with Gasteiger partial charge in [-0.25, -0.2) is 0 Å². The number of methoxy groups -OCH3 is 2. The average molecular weight is 281 g/mol. The minimum Gasteiger partial charge on any atom is -0.494 e. The number of unbranched alkanes of at least 4 members (excludes halogenated alkanes) is 1. The van der Waals surface area contributed by atoms with Crippen LogP contribution in [0.2, 0.25) is 0 Å². The molecular formula is C15H23NO4. The van der Waals surface area contributed by atoms with Crippen molar-refractivity contribution in [1.29, 1.82) is 0 Å². The van der Waals surface area contributed by atoms with Crippen molar-refractivity contribution in [2.75, 3.05) is 27.4 Å². The van der Waals surface area contributed by atoms with Crippen molar-refractivity contribution in [2.24, 2.45) is 5.73 Å². The Balaban J connectivity index is 2.34. The molecular weight excluding hydrogens is 258 g/mol. The first-order valence-electron chi connectivity index (χ1n) is 6.71. The third-order valence-electron chi connectivity index (χ3n) is 2.89. The molecule has 1 rings (SSSR count). The Labute approximate surface area is 120 Å². The first kappa shape index (κ1) is 16.5. The van der Waals surface area contributed by atoms with Crippen molar-refractivity contribution < 1.29 is 19.0 Å². The zero-order chi connectivity index (χ0) is 14.8. The van der Waals surface area contributed by atoms with E-state index in [1.165, 1.54) is 7.11 Å². The van der Waals surface area contributed by atoms with E-state index in [0.29, 0.717) is 13.0 Å². The van der Waals surface area contributed by atoms with Gasteiger partial charge in [-0.05, 0) is 37.0 Å². The standard InChI is InChI=1S/C15H23NO4/c1-18-9-3-4-10-20-13-7-5-12(6-8-13)11-14(16)15(17)19-2/h5-8,14H,3-4,9-11,16H2,1-2H3. The SMILES string of the molecule is COCCCCOc1ccc(CC(N)C(=O)OC)cc1. The van der Waals surface area contributed by atoms with Crippen LogP contribution in [0.15, 0.2) is 24.3 Å². The van der Waals surface area contributed by atoms with Crippen molar-refractivity contribution in [1.82, 2.24) is 0 Å². The number of nitrogens with two attached hydrogens (primary N) is 1. The van der Waals surface area contributed by atoms with E-state index in [4.69, 9.17) is 15.2 Å². The van der Waals surface area contributed by atoms with Gasteiger partial charge in [0.25, 0.3) is 0 Å². The van der Waals surface area contributed by atoms with Gasteiger partial charge in [0.05, 0.1) is 13.7 Å². The fourth-order valence-corrected chi connectivity index (χ4v) is 1.75. The highest BCUT2D eigenvalue weighted by molar-refractivity contribution is 5.75. The van der Waals surface area contributed by atoms with E-state index in [2.05, 4.69) is 4.74 Å². The fraction of sp³-hybridized carbons (Fsp3) is 0.533. The molecule has 0 fully saturated rings. The van der Waals surface area contributed by atoms with Crippen LogP contribution >= 0.6 is 0 Å². The predicted molar refractivity (Wildman–Crippen MR) is 76.7 cm³/mol. The highest BCUT2D eigenvalue weighted by Gasteiger charge is 2.13. The Morgan fingerprint density at radius 1 is 1.15 bits per heavy atom. The smallest absolute Gasteiger partial charge is 0.322 e. The van der Waals surface area contributed by atoms with Gasteiger partial charge in [-0.2, -0.15) is 0 Å². The van der Waals surface area contributed by atoms with Crippen LogP contribution in [-0.4, -0.2) is 39.4 Å². The number of ether oxygens (including phenoxy) is 3. The van der Waals surface area contributed by atoms with Gasteiger partial charge < -0.3 is 19.9 Å². The highest BCUT2D eigenvalue weighted by Crippen LogP contribution is 2.14. The molecule has 0 bridgehead atoms. The fourth-order valence-electron chi connectivity index (χ4n) is 1.75. The topological polar surface area (TPSA) is 70.8 Å². The molecule has 1 aromatic rings. The molecule has 1 atom stereocenters. The Hall–Kier alpha value is -1.59. The molecule has 20 heavy (non-hydrogen) atoms. The zero-order valence-corrected chi connectivity index (χ0v) is 12.1. The average Bonchev–Trinajstić information content (AvgIpc) is 2.47. The van der Waals surface area contributed by atoms with Crippen LogP contribution in [0.4, 0.5) is 0 Å². The minimum atomic E-state index is -0.624. The molecule has 0 spiro atoms. The van der Waals surface area contributed by atoms with E-state index in [0.717, 1.165) is 30.8 Å². The second-order valence-electron chi connectivity index (χ2n) is 4.53. The highest BCUT2D eigenvalue weighted by atomic mass is 16.5. The van der Waals surface area contributed by atoms with Gasteiger partial charge >= 0.3 is 5.97 Å². The normalized spacial score (nSPS) is 11.9. The molecule has 0 saturated carbocycles. The van der Waals surface area contributed by atoms with Crippen LogP contribution in [0.3, 0.4) is 0 Å². The predicted octanol–water partition coefficient (Wildman–Crippen LogP) is 1.53. The number of hydrogen-bond acceptors (Lipinski definition) is 5. The van der Waals surface area contributed by atoms with Crippen LogP contribution in [-0.2, 0) is 20.7 Å². The number of benzene rings is 1. The van der Waals surface area contributed by atoms with Crippen LogP contribution in [0.1, 0.15) is 18.4 Å². The van der Waals surface area contributed by atoms with Crippen LogP contribution in [0.25, 0.3) is 0 Å². The van der Waals surface area contributed by atoms with Gasteiger partial charge in [-0.1, -0.05) is 12.1 Å². The lowest BCUT2D eigenvalue weighted by Crippen LogP contribution is -2.33. The summed E-state index contributed by atoms with van der Waals surface area (Å²) in [5.74, 6) is 0.418. The van der Waals surface area contributed by atoms with E-state index in [1.807, 2.05) is 24.3 Å². The minimum absolute atomic E-state index is 0.400. The van der Waals surface area contributed by atoms with Crippen molar-refractivity contribution in [3.63, 3.8) is 0 Å². The molecule has 0 aromatic heterocycles. The van der Waals surface area contributed by atoms with Gasteiger partial charge in [-0.15, -0.1) is 0 Å². The van der Waals surface area contributed by atoms with E-state index in [1.54, 1.807) is 7.11 Å². The third kappa shape index (κ3) is 6.04. The van der Waals surface area contributed by atoms with Gasteiger partial charge in [0.15, 0.2) is 0 Å². The lowest BCUT2D eigenvalue weighted by molar-refractivity contribution is -0.142. The second kappa shape index (κ2) is 9.34. The molecule has 0 aliphatic rings. The molecule has 112 valence electrons. The zero-order valence-electron chi connectivity index (χ0n) is 12.1. The first-order chi connectivity index (χ1) is 9.67. The Morgan fingerprint density at radius 3 is 2.40 bits per heavy atom. The molecule has 0 saturated heterocycles. The van der Waals surface area contributed by atoms with Gasteiger partial charge in [0.1, 0.15) is 11.8 Å². The Morgan fingerprint density at radius 2 is 1.80 bits per heavy atom. The molecule has 5 heteroatoms. The summed E-state index contributed by atoms with van der Waals surface area (Å²) in [6, 6.07) is 6.96. The Kier molecular flexibility index (Phi) is 7.69. The summed E-state index contributed by atoms with van der Waals surface area (Å²) >= 11 is 0. The van der Waals surface area contributed by atoms with Gasteiger partial charge in [-0.3, -0.25) is 4.79 Å². The summed E-state index contributed by atoms with van der Waals surface area (Å²) in [6.45, 7) is 1.43. The maximum Gasteiger partial charge on any atom is 0.322 e. The number of esters is 1. The van der Waals surface area contributed by atoms with Crippen LogP contribution in [0, 0.1) is 0 Å². The van der Waals surface area contributed by atoms with E-state index in [-0.39, 0.29) is 0 Å². The maximum absolute atomic E-state index is 11.2. The molecule has 5 nitrogen and oxygen atoms in total. The molecule has 0 aliphatic carbocycles. The molecule has 1 unspecified atom stereocenters. The largest absolute Gasteiger partial charge is 0.494 e. The summed E-state index contributed by atoms with van der Waals surface area (Å²) in [7, 11) is 3.03. The molecule has 2 N–H and O–H groups in total. The van der Waals surface area contributed by atoms with E-state index in [9.17, 15) is 4.79 Å². The maximum atomic E-state index is 11.2. The van der Waals surface area contributed by atoms with Gasteiger partial charge in [0.2, 0.25) is 0 Å². The van der Waals surface area contributed by atoms with Crippen molar-refractivity contribution in [3.8, 4) is 5.75 Å². The Bertz CT molecular complexity index is 391. The van der Waals surface area contributed by atoms with E-state index >= 15 is 0 Å².